The summed E-state index contributed by atoms with van der Waals surface area (Å²) >= 11 is 1.57. The standard InChI is InChI=1S/C21H25N5O3S/c1-2-22-21(28)29-11-13-6-7-14(8-13)16-10-18(26-25-16)24-19(27)9-15-4-3-5-17-20(15)23-12-30-17/h3-5,10,12-14H,2,6-9,11H2,1H3,(H,22,28)(H2,24,25,26,27)/t13?,14-/m0/s1. The largest absolute Gasteiger partial charge is 0.449 e. The molecule has 0 bridgehead atoms. The van der Waals surface area contributed by atoms with Gasteiger partial charge >= 0.3 is 6.09 Å². The highest BCUT2D eigenvalue weighted by atomic mass is 32.1. The molecule has 3 N–H and O–H groups in total. The molecule has 0 saturated heterocycles. The molecule has 1 unspecified atom stereocenters. The number of thiazole rings is 1. The van der Waals surface area contributed by atoms with Crippen molar-refractivity contribution >= 4 is 39.4 Å². The van der Waals surface area contributed by atoms with Crippen LogP contribution in [0, 0.1) is 5.92 Å². The third-order valence-corrected chi connectivity index (χ3v) is 6.21. The minimum Gasteiger partial charge on any atom is -0.449 e. The number of hydrogen-bond acceptors (Lipinski definition) is 6. The number of ether oxygens (including phenoxy) is 1. The highest BCUT2D eigenvalue weighted by molar-refractivity contribution is 7.16. The number of H-pyrrole nitrogens is 1. The Labute approximate surface area is 178 Å². The lowest BCUT2D eigenvalue weighted by Crippen LogP contribution is -2.25. The predicted octanol–water partition coefficient (Wildman–Crippen LogP) is 3.83. The van der Waals surface area contributed by atoms with E-state index in [2.05, 4.69) is 25.8 Å². The molecule has 1 aromatic carbocycles. The molecule has 2 aromatic heterocycles. The number of para-hydroxylation sites is 1. The van der Waals surface area contributed by atoms with E-state index in [0.29, 0.717) is 30.8 Å². The summed E-state index contributed by atoms with van der Waals surface area (Å²) in [5.41, 5.74) is 4.59. The van der Waals surface area contributed by atoms with Gasteiger partial charge in [-0.25, -0.2) is 9.78 Å². The van der Waals surface area contributed by atoms with Crippen molar-refractivity contribution in [1.29, 1.82) is 0 Å². The molecule has 1 aliphatic rings. The Balaban J connectivity index is 1.29. The number of rotatable bonds is 7. The second kappa shape index (κ2) is 9.25. The molecule has 0 aliphatic heterocycles. The summed E-state index contributed by atoms with van der Waals surface area (Å²) in [6.45, 7) is 2.86. The van der Waals surface area contributed by atoms with Crippen LogP contribution in [0.25, 0.3) is 10.2 Å². The Morgan fingerprint density at radius 2 is 2.23 bits per heavy atom. The SMILES string of the molecule is CCNC(=O)OCC1CC[C@H](c2cc(NC(=O)Cc3cccc4scnc34)n[nH]2)C1. The van der Waals surface area contributed by atoms with Crippen molar-refractivity contribution in [2.45, 2.75) is 38.5 Å². The van der Waals surface area contributed by atoms with Gasteiger partial charge in [-0.1, -0.05) is 12.1 Å². The molecular weight excluding hydrogens is 402 g/mol. The number of carbonyl (C=O) groups is 2. The number of aromatic amines is 1. The van der Waals surface area contributed by atoms with Gasteiger partial charge in [-0.3, -0.25) is 9.89 Å². The van der Waals surface area contributed by atoms with Crippen LogP contribution in [-0.2, 0) is 16.0 Å². The molecule has 9 heteroatoms. The van der Waals surface area contributed by atoms with Crippen LogP contribution in [0.5, 0.6) is 0 Å². The highest BCUT2D eigenvalue weighted by Crippen LogP contribution is 2.38. The van der Waals surface area contributed by atoms with Gasteiger partial charge in [0.1, 0.15) is 0 Å². The summed E-state index contributed by atoms with van der Waals surface area (Å²) in [6, 6.07) is 7.78. The molecule has 0 radical (unpaired) electrons. The minimum atomic E-state index is -0.360. The first-order valence-corrected chi connectivity index (χ1v) is 11.1. The smallest absolute Gasteiger partial charge is 0.407 e. The predicted molar refractivity (Wildman–Crippen MR) is 116 cm³/mol. The molecule has 30 heavy (non-hydrogen) atoms. The van der Waals surface area contributed by atoms with Crippen LogP contribution in [0.3, 0.4) is 0 Å². The first kappa shape index (κ1) is 20.3. The summed E-state index contributed by atoms with van der Waals surface area (Å²) in [5, 5.41) is 12.8. The number of fused-ring (bicyclic) bond motifs is 1. The summed E-state index contributed by atoms with van der Waals surface area (Å²) in [5.74, 6) is 1.09. The lowest BCUT2D eigenvalue weighted by molar-refractivity contribution is -0.115. The van der Waals surface area contributed by atoms with E-state index in [4.69, 9.17) is 4.74 Å². The maximum Gasteiger partial charge on any atom is 0.407 e. The number of benzene rings is 1. The van der Waals surface area contributed by atoms with Crippen molar-refractivity contribution in [3.8, 4) is 0 Å². The van der Waals surface area contributed by atoms with Gasteiger partial charge in [0.25, 0.3) is 0 Å². The second-order valence-corrected chi connectivity index (χ2v) is 8.44. The molecule has 3 aromatic rings. The van der Waals surface area contributed by atoms with E-state index in [1.165, 1.54) is 0 Å². The van der Waals surface area contributed by atoms with Gasteiger partial charge in [-0.2, -0.15) is 5.10 Å². The second-order valence-electron chi connectivity index (χ2n) is 7.55. The first-order chi connectivity index (χ1) is 14.6. The van der Waals surface area contributed by atoms with E-state index in [0.717, 1.165) is 40.7 Å². The lowest BCUT2D eigenvalue weighted by atomic mass is 10.0. The number of hydrogen-bond donors (Lipinski definition) is 3. The Bertz CT molecular complexity index is 1030. The number of carbonyl (C=O) groups excluding carboxylic acids is 2. The number of aromatic nitrogens is 3. The molecule has 2 atom stereocenters. The summed E-state index contributed by atoms with van der Waals surface area (Å²) in [7, 11) is 0. The Morgan fingerprint density at radius 3 is 3.10 bits per heavy atom. The van der Waals surface area contributed by atoms with Gasteiger partial charge < -0.3 is 15.4 Å². The van der Waals surface area contributed by atoms with Crippen molar-refractivity contribution in [3.63, 3.8) is 0 Å². The number of amides is 2. The maximum atomic E-state index is 12.5. The van der Waals surface area contributed by atoms with Crippen LogP contribution in [0.2, 0.25) is 0 Å². The first-order valence-electron chi connectivity index (χ1n) is 10.2. The molecule has 1 aliphatic carbocycles. The fraction of sp³-hybridized carbons (Fsp3) is 0.429. The zero-order chi connectivity index (χ0) is 20.9. The van der Waals surface area contributed by atoms with E-state index in [1.54, 1.807) is 16.8 Å². The number of nitrogens with one attached hydrogen (secondary N) is 3. The fourth-order valence-electron chi connectivity index (χ4n) is 3.96. The van der Waals surface area contributed by atoms with E-state index in [1.807, 2.05) is 31.2 Å². The van der Waals surface area contributed by atoms with Gasteiger partial charge in [-0.15, -0.1) is 11.3 Å². The average Bonchev–Trinajstić information content (AvgIpc) is 3.47. The highest BCUT2D eigenvalue weighted by Gasteiger charge is 2.28. The third-order valence-electron chi connectivity index (χ3n) is 5.41. The van der Waals surface area contributed by atoms with Gasteiger partial charge in [-0.05, 0) is 43.7 Å². The molecule has 1 fully saturated rings. The van der Waals surface area contributed by atoms with E-state index in [9.17, 15) is 9.59 Å². The molecule has 4 rings (SSSR count). The third kappa shape index (κ3) is 4.79. The summed E-state index contributed by atoms with van der Waals surface area (Å²) in [6.07, 6.45) is 2.83. The molecule has 2 heterocycles. The van der Waals surface area contributed by atoms with E-state index >= 15 is 0 Å². The molecular formula is C21H25N5O3S. The molecule has 2 amide bonds. The van der Waals surface area contributed by atoms with Crippen molar-refractivity contribution in [3.05, 3.63) is 41.0 Å². The van der Waals surface area contributed by atoms with Crippen LogP contribution >= 0.6 is 11.3 Å². The van der Waals surface area contributed by atoms with Gasteiger partial charge in [0.05, 0.1) is 28.8 Å². The van der Waals surface area contributed by atoms with Crippen molar-refractivity contribution < 1.29 is 14.3 Å². The van der Waals surface area contributed by atoms with E-state index in [-0.39, 0.29) is 18.4 Å². The zero-order valence-corrected chi connectivity index (χ0v) is 17.6. The molecule has 8 nitrogen and oxygen atoms in total. The Hall–Kier alpha value is -2.94. The zero-order valence-electron chi connectivity index (χ0n) is 16.8. The molecule has 0 spiro atoms. The lowest BCUT2D eigenvalue weighted by Gasteiger charge is -2.11. The average molecular weight is 428 g/mol. The molecule has 1 saturated carbocycles. The normalized spacial score (nSPS) is 18.4. The topological polar surface area (TPSA) is 109 Å². The quantitative estimate of drug-likeness (QED) is 0.531. The summed E-state index contributed by atoms with van der Waals surface area (Å²) in [4.78, 5) is 28.3. The van der Waals surface area contributed by atoms with Crippen LogP contribution in [-0.4, -0.2) is 40.3 Å². The number of alkyl carbamates (subject to hydrolysis) is 1. The Kier molecular flexibility index (Phi) is 6.27. The van der Waals surface area contributed by atoms with Crippen LogP contribution in [0.1, 0.15) is 43.4 Å². The van der Waals surface area contributed by atoms with Crippen LogP contribution in [0.4, 0.5) is 10.6 Å². The van der Waals surface area contributed by atoms with Crippen molar-refractivity contribution in [1.82, 2.24) is 20.5 Å². The number of anilines is 1. The van der Waals surface area contributed by atoms with Gasteiger partial charge in [0.2, 0.25) is 5.91 Å². The van der Waals surface area contributed by atoms with Crippen molar-refractivity contribution in [2.24, 2.45) is 5.92 Å². The number of nitrogens with zero attached hydrogens (tertiary/aromatic N) is 2. The maximum absolute atomic E-state index is 12.5. The van der Waals surface area contributed by atoms with Crippen LogP contribution < -0.4 is 10.6 Å². The summed E-state index contributed by atoms with van der Waals surface area (Å²) < 4.78 is 6.33. The molecule has 158 valence electrons. The minimum absolute atomic E-state index is 0.117. The van der Waals surface area contributed by atoms with Crippen LogP contribution in [0.15, 0.2) is 29.8 Å². The monoisotopic (exact) mass is 427 g/mol. The van der Waals surface area contributed by atoms with Gasteiger partial charge in [0.15, 0.2) is 5.82 Å². The van der Waals surface area contributed by atoms with E-state index < -0.39 is 0 Å². The fourth-order valence-corrected chi connectivity index (χ4v) is 4.68. The van der Waals surface area contributed by atoms with Crippen molar-refractivity contribution in [2.75, 3.05) is 18.5 Å². The Morgan fingerprint density at radius 1 is 1.33 bits per heavy atom. The van der Waals surface area contributed by atoms with Gasteiger partial charge in [0, 0.05) is 24.2 Å².